The van der Waals surface area contributed by atoms with Gasteiger partial charge in [0.05, 0.1) is 6.10 Å². The van der Waals surface area contributed by atoms with E-state index in [1.807, 2.05) is 0 Å². The minimum atomic E-state index is 0.442. The molecule has 0 bridgehead atoms. The Morgan fingerprint density at radius 1 is 1.14 bits per heavy atom. The molecule has 1 heterocycles. The summed E-state index contributed by atoms with van der Waals surface area (Å²) in [7, 11) is 2.07. The van der Waals surface area contributed by atoms with E-state index >= 15 is 0 Å². The first-order chi connectivity index (χ1) is 10.3. The number of piperidine rings is 1. The highest BCUT2D eigenvalue weighted by Crippen LogP contribution is 2.28. The van der Waals surface area contributed by atoms with Crippen LogP contribution in [-0.4, -0.2) is 37.2 Å². The molecule has 1 saturated heterocycles. The number of benzene rings is 1. The van der Waals surface area contributed by atoms with E-state index in [1.54, 1.807) is 0 Å². The molecule has 0 radical (unpaired) electrons. The molecule has 1 atom stereocenters. The van der Waals surface area contributed by atoms with E-state index in [4.69, 9.17) is 4.74 Å². The summed E-state index contributed by atoms with van der Waals surface area (Å²) >= 11 is 0. The van der Waals surface area contributed by atoms with E-state index < -0.39 is 0 Å². The van der Waals surface area contributed by atoms with Gasteiger partial charge in [-0.3, -0.25) is 4.90 Å². The van der Waals surface area contributed by atoms with Crippen molar-refractivity contribution >= 4 is 0 Å². The quantitative estimate of drug-likeness (QED) is 0.900. The molecule has 1 saturated carbocycles. The molecule has 1 aromatic carbocycles. The lowest BCUT2D eigenvalue weighted by Gasteiger charge is -2.33. The number of likely N-dealkylation sites (N-methyl/N-ethyl adjacent to an activating group) is 1. The molecule has 0 spiro atoms. The van der Waals surface area contributed by atoms with Crippen LogP contribution in [0.25, 0.3) is 0 Å². The van der Waals surface area contributed by atoms with Crippen LogP contribution < -0.4 is 10.1 Å². The van der Waals surface area contributed by atoms with Gasteiger partial charge in [0.15, 0.2) is 0 Å². The Kier molecular flexibility index (Phi) is 5.15. The number of hydrogen-bond donors (Lipinski definition) is 1. The van der Waals surface area contributed by atoms with Crippen molar-refractivity contribution in [2.45, 2.75) is 57.2 Å². The molecule has 1 unspecified atom stereocenters. The van der Waals surface area contributed by atoms with Gasteiger partial charge in [-0.2, -0.15) is 0 Å². The molecule has 2 aliphatic rings. The monoisotopic (exact) mass is 288 g/mol. The minimum absolute atomic E-state index is 0.442. The summed E-state index contributed by atoms with van der Waals surface area (Å²) in [6.07, 6.45) is 8.12. The second-order valence-corrected chi connectivity index (χ2v) is 6.49. The molecule has 21 heavy (non-hydrogen) atoms. The predicted octanol–water partition coefficient (Wildman–Crippen LogP) is 3.19. The van der Waals surface area contributed by atoms with Crippen LogP contribution in [-0.2, 0) is 6.54 Å². The summed E-state index contributed by atoms with van der Waals surface area (Å²) in [6.45, 7) is 3.37. The summed E-state index contributed by atoms with van der Waals surface area (Å²) in [5.41, 5.74) is 1.35. The summed E-state index contributed by atoms with van der Waals surface area (Å²) in [4.78, 5) is 2.56. The fraction of sp³-hybridized carbons (Fsp3) is 0.667. The molecule has 0 aromatic heterocycles. The van der Waals surface area contributed by atoms with Crippen LogP contribution in [0.15, 0.2) is 24.3 Å². The average molecular weight is 288 g/mol. The maximum Gasteiger partial charge on any atom is 0.124 e. The Balaban J connectivity index is 1.64. The Morgan fingerprint density at radius 2 is 1.95 bits per heavy atom. The molecule has 2 fully saturated rings. The number of hydrogen-bond acceptors (Lipinski definition) is 3. The number of nitrogens with zero attached hydrogens (tertiary/aromatic N) is 1. The van der Waals surface area contributed by atoms with Crippen LogP contribution in [0.2, 0.25) is 0 Å². The van der Waals surface area contributed by atoms with E-state index in [0.717, 1.165) is 18.8 Å². The van der Waals surface area contributed by atoms with Gasteiger partial charge >= 0.3 is 0 Å². The van der Waals surface area contributed by atoms with Crippen molar-refractivity contribution in [3.05, 3.63) is 29.8 Å². The van der Waals surface area contributed by atoms with E-state index in [0.29, 0.717) is 12.1 Å². The molecule has 116 valence electrons. The van der Waals surface area contributed by atoms with Crippen molar-refractivity contribution in [2.24, 2.45) is 0 Å². The standard InChI is InChI=1S/C18H28N2O/c1-19-16-8-6-12-20(14-16)13-15-7-2-5-11-18(15)21-17-9-3-4-10-17/h2,5,7,11,16-17,19H,3-4,6,8-10,12-14H2,1H3. The number of likely N-dealkylation sites (tertiary alicyclic amines) is 1. The fourth-order valence-electron chi connectivity index (χ4n) is 3.61. The molecule has 3 nitrogen and oxygen atoms in total. The Labute approximate surface area is 128 Å². The summed E-state index contributed by atoms with van der Waals surface area (Å²) in [5, 5.41) is 3.42. The zero-order valence-electron chi connectivity index (χ0n) is 13.2. The topological polar surface area (TPSA) is 24.5 Å². The zero-order valence-corrected chi connectivity index (χ0v) is 13.2. The number of rotatable bonds is 5. The second kappa shape index (κ2) is 7.28. The lowest BCUT2D eigenvalue weighted by atomic mass is 10.0. The summed E-state index contributed by atoms with van der Waals surface area (Å²) in [6, 6.07) is 9.25. The summed E-state index contributed by atoms with van der Waals surface area (Å²) in [5.74, 6) is 1.11. The Hall–Kier alpha value is -1.06. The first-order valence-corrected chi connectivity index (χ1v) is 8.49. The van der Waals surface area contributed by atoms with E-state index in [9.17, 15) is 0 Å². The van der Waals surface area contributed by atoms with Gasteiger partial charge in [-0.25, -0.2) is 0 Å². The Morgan fingerprint density at radius 3 is 2.76 bits per heavy atom. The van der Waals surface area contributed by atoms with E-state index in [-0.39, 0.29) is 0 Å². The van der Waals surface area contributed by atoms with Crippen molar-refractivity contribution in [2.75, 3.05) is 20.1 Å². The van der Waals surface area contributed by atoms with Crippen molar-refractivity contribution in [1.82, 2.24) is 10.2 Å². The van der Waals surface area contributed by atoms with Crippen molar-refractivity contribution in [3.8, 4) is 5.75 Å². The van der Waals surface area contributed by atoms with Crippen molar-refractivity contribution in [1.29, 1.82) is 0 Å². The van der Waals surface area contributed by atoms with Crippen LogP contribution in [0.3, 0.4) is 0 Å². The van der Waals surface area contributed by atoms with E-state index in [1.165, 1.54) is 50.6 Å². The first-order valence-electron chi connectivity index (χ1n) is 8.49. The SMILES string of the molecule is CNC1CCCN(Cc2ccccc2OC2CCCC2)C1. The van der Waals surface area contributed by atoms with Crippen molar-refractivity contribution in [3.63, 3.8) is 0 Å². The van der Waals surface area contributed by atoms with Gasteiger partial charge in [0.1, 0.15) is 5.75 Å². The Bertz CT molecular complexity index is 443. The third kappa shape index (κ3) is 3.98. The largest absolute Gasteiger partial charge is 0.490 e. The lowest BCUT2D eigenvalue weighted by molar-refractivity contribution is 0.177. The predicted molar refractivity (Wildman–Crippen MR) is 86.7 cm³/mol. The fourth-order valence-corrected chi connectivity index (χ4v) is 3.61. The van der Waals surface area contributed by atoms with Crippen LogP contribution in [0, 0.1) is 0 Å². The third-order valence-electron chi connectivity index (χ3n) is 4.88. The van der Waals surface area contributed by atoms with Crippen molar-refractivity contribution < 1.29 is 4.74 Å². The zero-order chi connectivity index (χ0) is 14.5. The van der Waals surface area contributed by atoms with Gasteiger partial charge in [0, 0.05) is 24.7 Å². The molecule has 3 heteroatoms. The molecular formula is C18H28N2O. The van der Waals surface area contributed by atoms with Gasteiger partial charge in [-0.1, -0.05) is 18.2 Å². The highest BCUT2D eigenvalue weighted by atomic mass is 16.5. The molecular weight excluding hydrogens is 260 g/mol. The number of ether oxygens (including phenoxy) is 1. The second-order valence-electron chi connectivity index (χ2n) is 6.49. The smallest absolute Gasteiger partial charge is 0.124 e. The van der Waals surface area contributed by atoms with Crippen LogP contribution >= 0.6 is 0 Å². The van der Waals surface area contributed by atoms with E-state index in [2.05, 4.69) is 41.5 Å². The molecule has 1 aliphatic heterocycles. The highest BCUT2D eigenvalue weighted by Gasteiger charge is 2.21. The number of nitrogens with one attached hydrogen (secondary N) is 1. The molecule has 1 aliphatic carbocycles. The van der Waals surface area contributed by atoms with Gasteiger partial charge in [-0.05, 0) is 58.2 Å². The van der Waals surface area contributed by atoms with Crippen LogP contribution in [0.5, 0.6) is 5.75 Å². The molecule has 1 N–H and O–H groups in total. The van der Waals surface area contributed by atoms with Gasteiger partial charge in [0.25, 0.3) is 0 Å². The van der Waals surface area contributed by atoms with Crippen LogP contribution in [0.1, 0.15) is 44.1 Å². The first kappa shape index (κ1) is 14.9. The molecule has 1 aromatic rings. The number of para-hydroxylation sites is 1. The normalized spacial score (nSPS) is 24.3. The minimum Gasteiger partial charge on any atom is -0.490 e. The third-order valence-corrected chi connectivity index (χ3v) is 4.88. The molecule has 3 rings (SSSR count). The maximum atomic E-state index is 6.26. The van der Waals surface area contributed by atoms with Gasteiger partial charge < -0.3 is 10.1 Å². The molecule has 0 amide bonds. The highest BCUT2D eigenvalue weighted by molar-refractivity contribution is 5.33. The van der Waals surface area contributed by atoms with Gasteiger partial charge in [0.2, 0.25) is 0 Å². The average Bonchev–Trinajstić information content (AvgIpc) is 3.02. The maximum absolute atomic E-state index is 6.26. The van der Waals surface area contributed by atoms with Crippen LogP contribution in [0.4, 0.5) is 0 Å². The van der Waals surface area contributed by atoms with Gasteiger partial charge in [-0.15, -0.1) is 0 Å². The summed E-state index contributed by atoms with van der Waals surface area (Å²) < 4.78 is 6.26. The lowest BCUT2D eigenvalue weighted by Crippen LogP contribution is -2.43.